The Hall–Kier alpha value is -4.34. The van der Waals surface area contributed by atoms with Gasteiger partial charge in [0.1, 0.15) is 18.6 Å². The molecule has 4 aromatic carbocycles. The standard InChI is InChI=1S/C37H40N2O7.C2H6/c1-24(40)10-19-33(41)45-23-30-16-18-32(46-30)39-21-29(36(42)38-37(39)43)22-44-20-5-3-2-4-7-25-11-12-28-14-13-26-8-6-9-27-15-17-31(25)35(28)34(26)27;1-2/h6,8-9,11-15,17,21,30,32H,2-5,7,10,16,18-20,22-23H2,1H3,(H,38,42,43);1-2H3. The number of unbranched alkanes of at least 4 members (excludes halogenated alkanes) is 3. The summed E-state index contributed by atoms with van der Waals surface area (Å²) in [4.78, 5) is 50.2. The number of esters is 1. The monoisotopic (exact) mass is 654 g/mol. The van der Waals surface area contributed by atoms with Crippen LogP contribution in [0.1, 0.15) is 89.5 Å². The van der Waals surface area contributed by atoms with Crippen molar-refractivity contribution in [3.63, 3.8) is 0 Å². The Bertz CT molecular complexity index is 1940. The van der Waals surface area contributed by atoms with E-state index in [4.69, 9.17) is 14.2 Å². The van der Waals surface area contributed by atoms with E-state index in [2.05, 4.69) is 59.6 Å². The Morgan fingerprint density at radius 1 is 0.854 bits per heavy atom. The summed E-state index contributed by atoms with van der Waals surface area (Å²) < 4.78 is 18.3. The molecule has 254 valence electrons. The summed E-state index contributed by atoms with van der Waals surface area (Å²) in [6.07, 6.45) is 7.00. The Morgan fingerprint density at radius 3 is 2.33 bits per heavy atom. The van der Waals surface area contributed by atoms with Gasteiger partial charge in [-0.05, 0) is 76.9 Å². The number of nitrogens with zero attached hydrogens (tertiary/aromatic N) is 1. The highest BCUT2D eigenvalue weighted by Gasteiger charge is 2.29. The number of aromatic nitrogens is 2. The highest BCUT2D eigenvalue weighted by Crippen LogP contribution is 2.36. The van der Waals surface area contributed by atoms with E-state index in [0.29, 0.717) is 25.0 Å². The number of benzene rings is 4. The van der Waals surface area contributed by atoms with Crippen LogP contribution in [0.25, 0.3) is 32.3 Å². The molecule has 1 fully saturated rings. The van der Waals surface area contributed by atoms with E-state index in [-0.39, 0.29) is 37.9 Å². The molecule has 48 heavy (non-hydrogen) atoms. The summed E-state index contributed by atoms with van der Waals surface area (Å²) in [7, 11) is 0. The fourth-order valence-corrected chi connectivity index (χ4v) is 6.46. The van der Waals surface area contributed by atoms with Gasteiger partial charge in [-0.3, -0.25) is 19.1 Å². The Morgan fingerprint density at radius 2 is 1.56 bits per heavy atom. The van der Waals surface area contributed by atoms with Gasteiger partial charge in [0.25, 0.3) is 5.56 Å². The molecule has 5 aromatic rings. The van der Waals surface area contributed by atoms with Crippen molar-refractivity contribution in [2.24, 2.45) is 0 Å². The van der Waals surface area contributed by atoms with Gasteiger partial charge in [0.15, 0.2) is 0 Å². The molecule has 1 aliphatic heterocycles. The molecule has 0 spiro atoms. The predicted octanol–water partition coefficient (Wildman–Crippen LogP) is 7.37. The van der Waals surface area contributed by atoms with E-state index in [0.717, 1.165) is 32.1 Å². The Labute approximate surface area is 280 Å². The van der Waals surface area contributed by atoms with Crippen LogP contribution in [0.15, 0.2) is 70.4 Å². The van der Waals surface area contributed by atoms with E-state index >= 15 is 0 Å². The van der Waals surface area contributed by atoms with Gasteiger partial charge in [-0.15, -0.1) is 0 Å². The summed E-state index contributed by atoms with van der Waals surface area (Å²) >= 11 is 0. The van der Waals surface area contributed by atoms with Gasteiger partial charge in [0, 0.05) is 19.2 Å². The normalized spacial score (nSPS) is 16.0. The molecule has 6 rings (SSSR count). The number of hydrogen-bond donors (Lipinski definition) is 1. The predicted molar refractivity (Wildman–Crippen MR) is 189 cm³/mol. The first kappa shape index (κ1) is 35.0. The van der Waals surface area contributed by atoms with Gasteiger partial charge < -0.3 is 19.0 Å². The third-order valence-corrected chi connectivity index (χ3v) is 8.91. The average Bonchev–Trinajstić information content (AvgIpc) is 3.57. The molecule has 1 aliphatic rings. The van der Waals surface area contributed by atoms with Crippen LogP contribution in [0.5, 0.6) is 0 Å². The molecule has 0 amide bonds. The van der Waals surface area contributed by atoms with Crippen LogP contribution in [0.2, 0.25) is 0 Å². The number of H-pyrrole nitrogens is 1. The highest BCUT2D eigenvalue weighted by molar-refractivity contribution is 6.23. The molecular formula is C39H46N2O7. The van der Waals surface area contributed by atoms with Crippen LogP contribution < -0.4 is 11.2 Å². The number of aryl methyl sites for hydroxylation is 1. The zero-order chi connectivity index (χ0) is 34.0. The molecule has 9 nitrogen and oxygen atoms in total. The molecule has 2 atom stereocenters. The molecule has 2 unspecified atom stereocenters. The summed E-state index contributed by atoms with van der Waals surface area (Å²) in [5.74, 6) is -0.523. The Balaban J connectivity index is 0.00000221. The van der Waals surface area contributed by atoms with E-state index in [1.165, 1.54) is 55.6 Å². The number of aromatic amines is 1. The van der Waals surface area contributed by atoms with Crippen molar-refractivity contribution in [2.45, 2.75) is 97.5 Å². The minimum absolute atomic E-state index is 0.0383. The van der Waals surface area contributed by atoms with Gasteiger partial charge in [-0.25, -0.2) is 4.79 Å². The van der Waals surface area contributed by atoms with Gasteiger partial charge in [-0.1, -0.05) is 81.3 Å². The van der Waals surface area contributed by atoms with E-state index in [1.807, 2.05) is 13.8 Å². The molecule has 1 aromatic heterocycles. The van der Waals surface area contributed by atoms with Crippen LogP contribution in [0.3, 0.4) is 0 Å². The second-order valence-electron chi connectivity index (χ2n) is 12.3. The van der Waals surface area contributed by atoms with Crippen LogP contribution in [0.4, 0.5) is 0 Å². The largest absolute Gasteiger partial charge is 0.463 e. The Kier molecular flexibility index (Phi) is 12.1. The molecular weight excluding hydrogens is 608 g/mol. The SMILES string of the molecule is CC.CC(=O)CCC(=O)OCC1CCC(n2cc(COCCCCCCc3ccc4ccc5cccc6ccc3c4c56)c(=O)[nH]c2=O)O1. The van der Waals surface area contributed by atoms with Crippen molar-refractivity contribution >= 4 is 44.1 Å². The molecule has 9 heteroatoms. The number of Topliss-reactive ketones (excluding diaryl/α,β-unsaturated/α-hetero) is 1. The second-order valence-corrected chi connectivity index (χ2v) is 12.3. The zero-order valence-corrected chi connectivity index (χ0v) is 28.2. The van der Waals surface area contributed by atoms with E-state index in [9.17, 15) is 19.2 Å². The fraction of sp³-hybridized carbons (Fsp3) is 0.436. The average molecular weight is 655 g/mol. The number of carbonyl (C=O) groups excluding carboxylic acids is 2. The summed E-state index contributed by atoms with van der Waals surface area (Å²) in [6.45, 7) is 6.10. The van der Waals surface area contributed by atoms with Crippen molar-refractivity contribution in [1.29, 1.82) is 0 Å². The summed E-state index contributed by atoms with van der Waals surface area (Å²) in [6, 6.07) is 19.9. The van der Waals surface area contributed by atoms with Crippen LogP contribution in [-0.2, 0) is 36.8 Å². The molecule has 0 aliphatic carbocycles. The molecule has 0 bridgehead atoms. The molecule has 1 N–H and O–H groups in total. The third-order valence-electron chi connectivity index (χ3n) is 8.91. The van der Waals surface area contributed by atoms with Gasteiger partial charge in [0.05, 0.1) is 24.7 Å². The van der Waals surface area contributed by atoms with Crippen molar-refractivity contribution in [3.05, 3.63) is 92.8 Å². The highest BCUT2D eigenvalue weighted by atomic mass is 16.6. The number of hydrogen-bond acceptors (Lipinski definition) is 7. The topological polar surface area (TPSA) is 117 Å². The van der Waals surface area contributed by atoms with Crippen molar-refractivity contribution in [1.82, 2.24) is 9.55 Å². The number of carbonyl (C=O) groups is 2. The molecule has 1 saturated heterocycles. The maximum atomic E-state index is 12.5. The van der Waals surface area contributed by atoms with Crippen LogP contribution >= 0.6 is 0 Å². The van der Waals surface area contributed by atoms with E-state index in [1.54, 1.807) is 0 Å². The minimum Gasteiger partial charge on any atom is -0.463 e. The lowest BCUT2D eigenvalue weighted by atomic mass is 9.90. The lowest BCUT2D eigenvalue weighted by molar-refractivity contribution is -0.149. The third kappa shape index (κ3) is 8.38. The first-order valence-electron chi connectivity index (χ1n) is 17.3. The number of ether oxygens (including phenoxy) is 3. The van der Waals surface area contributed by atoms with Crippen LogP contribution in [0, 0.1) is 0 Å². The zero-order valence-electron chi connectivity index (χ0n) is 28.2. The molecule has 2 heterocycles. The maximum Gasteiger partial charge on any atom is 0.330 e. The smallest absolute Gasteiger partial charge is 0.330 e. The minimum atomic E-state index is -0.572. The van der Waals surface area contributed by atoms with Crippen molar-refractivity contribution < 1.29 is 23.8 Å². The lowest BCUT2D eigenvalue weighted by Gasteiger charge is -2.16. The second kappa shape index (κ2) is 16.7. The first-order valence-corrected chi connectivity index (χ1v) is 17.3. The maximum absolute atomic E-state index is 12.5. The van der Waals surface area contributed by atoms with Gasteiger partial charge in [0.2, 0.25) is 0 Å². The summed E-state index contributed by atoms with van der Waals surface area (Å²) in [5, 5.41) is 7.92. The quantitative estimate of drug-likeness (QED) is 0.0712. The molecule has 0 radical (unpaired) electrons. The number of nitrogens with one attached hydrogen (secondary N) is 1. The summed E-state index contributed by atoms with van der Waals surface area (Å²) in [5.41, 5.74) is 0.724. The lowest BCUT2D eigenvalue weighted by Crippen LogP contribution is -2.34. The number of rotatable bonds is 15. The van der Waals surface area contributed by atoms with Crippen molar-refractivity contribution in [2.75, 3.05) is 13.2 Å². The van der Waals surface area contributed by atoms with Crippen molar-refractivity contribution in [3.8, 4) is 0 Å². The number of ketones is 1. The van der Waals surface area contributed by atoms with Crippen LogP contribution in [-0.4, -0.2) is 40.6 Å². The first-order chi connectivity index (χ1) is 23.4. The fourth-order valence-electron chi connectivity index (χ4n) is 6.46. The molecule has 0 saturated carbocycles. The van der Waals surface area contributed by atoms with Gasteiger partial charge in [-0.2, -0.15) is 0 Å². The van der Waals surface area contributed by atoms with Gasteiger partial charge >= 0.3 is 11.7 Å². The van der Waals surface area contributed by atoms with E-state index < -0.39 is 23.4 Å².